The van der Waals surface area contributed by atoms with E-state index in [-0.39, 0.29) is 84.8 Å². The van der Waals surface area contributed by atoms with Crippen molar-refractivity contribution in [3.05, 3.63) is 70.8 Å². The molecule has 6 amide bonds. The number of fused-ring (bicyclic) bond motifs is 4. The van der Waals surface area contributed by atoms with Crippen LogP contribution in [0.5, 0.6) is 0 Å². The summed E-state index contributed by atoms with van der Waals surface area (Å²) in [6, 6.07) is 11.3. The quantitative estimate of drug-likeness (QED) is 0.119. The molecule has 4 fully saturated rings. The number of nitrogens with zero attached hydrogens (tertiary/aromatic N) is 2. The maximum absolute atomic E-state index is 14.6. The van der Waals surface area contributed by atoms with Gasteiger partial charge < -0.3 is 55.9 Å². The zero-order chi connectivity index (χ0) is 50.8. The maximum atomic E-state index is 14.6. The topological polar surface area (TPSA) is 209 Å². The van der Waals surface area contributed by atoms with E-state index in [1.807, 2.05) is 64.1 Å². The van der Waals surface area contributed by atoms with Crippen molar-refractivity contribution < 1.29 is 43.0 Å². The minimum atomic E-state index is -0.741. The van der Waals surface area contributed by atoms with Crippen LogP contribution < -0.4 is 31.9 Å². The van der Waals surface area contributed by atoms with Crippen LogP contribution in [-0.2, 0) is 55.8 Å². The first kappa shape index (κ1) is 53.1. The number of amides is 6. The Balaban J connectivity index is 0.858. The number of benzene rings is 2. The van der Waals surface area contributed by atoms with E-state index in [1.165, 1.54) is 0 Å². The number of hydrogen-bond donors (Lipinski definition) is 6. The highest BCUT2D eigenvalue weighted by molar-refractivity contribution is 8.00. The molecule has 388 valence electrons. The van der Waals surface area contributed by atoms with E-state index >= 15 is 0 Å². The second-order valence-electron chi connectivity index (χ2n) is 21.3. The molecule has 4 saturated heterocycles. The molecular weight excluding hydrogens is 945 g/mol. The lowest BCUT2D eigenvalue weighted by Crippen LogP contribution is -2.58. The average Bonchev–Trinajstić information content (AvgIpc) is 3.98. The van der Waals surface area contributed by atoms with Crippen LogP contribution in [0.2, 0.25) is 0 Å². The van der Waals surface area contributed by atoms with Crippen molar-refractivity contribution in [2.24, 2.45) is 10.8 Å². The fourth-order valence-electron chi connectivity index (χ4n) is 11.4. The van der Waals surface area contributed by atoms with Gasteiger partial charge in [0.2, 0.25) is 35.4 Å². The molecule has 0 radical (unpaired) electrons. The van der Waals surface area contributed by atoms with Crippen LogP contribution in [0.3, 0.4) is 0 Å². The minimum absolute atomic E-state index is 0.180. The number of likely N-dealkylation sites (N-methyl/N-ethyl adjacent to an activating group) is 2. The Bertz CT molecular complexity index is 2150. The summed E-state index contributed by atoms with van der Waals surface area (Å²) in [6.07, 6.45) is 2.76. The molecule has 6 N–H and O–H groups in total. The molecule has 12 atom stereocenters. The van der Waals surface area contributed by atoms with Crippen LogP contribution in [0.4, 0.5) is 0 Å². The van der Waals surface area contributed by atoms with Gasteiger partial charge in [-0.3, -0.25) is 28.8 Å². The lowest BCUT2D eigenvalue weighted by Gasteiger charge is -2.35. The minimum Gasteiger partial charge on any atom is -0.377 e. The molecule has 4 heterocycles. The second kappa shape index (κ2) is 22.5. The molecule has 0 bridgehead atoms. The van der Waals surface area contributed by atoms with E-state index in [0.717, 1.165) is 22.3 Å². The number of nitrogens with one attached hydrogen (secondary N) is 6. The molecular formula is C52H74N8O9S2. The summed E-state index contributed by atoms with van der Waals surface area (Å²) in [4.78, 5) is 86.7. The highest BCUT2D eigenvalue weighted by Gasteiger charge is 2.57. The summed E-state index contributed by atoms with van der Waals surface area (Å²) >= 11 is 3.33. The molecule has 2 aliphatic carbocycles. The number of hydrogen-bond acceptors (Lipinski definition) is 13. The number of rotatable bonds is 18. The molecule has 2 aromatic rings. The van der Waals surface area contributed by atoms with Crippen LogP contribution >= 0.6 is 23.5 Å². The number of carbonyl (C=O) groups excluding carboxylic acids is 6. The van der Waals surface area contributed by atoms with Gasteiger partial charge in [-0.2, -0.15) is 0 Å². The second-order valence-corrected chi connectivity index (χ2v) is 23.8. The molecule has 71 heavy (non-hydrogen) atoms. The Labute approximate surface area is 426 Å². The van der Waals surface area contributed by atoms with Gasteiger partial charge >= 0.3 is 0 Å². The fourth-order valence-corrected chi connectivity index (χ4v) is 14.6. The lowest BCUT2D eigenvalue weighted by atomic mass is 9.83. The Morgan fingerprint density at radius 1 is 0.620 bits per heavy atom. The van der Waals surface area contributed by atoms with Crippen molar-refractivity contribution >= 4 is 59.0 Å². The van der Waals surface area contributed by atoms with E-state index in [0.29, 0.717) is 50.0 Å². The van der Waals surface area contributed by atoms with Crippen LogP contribution in [-0.4, -0.2) is 156 Å². The maximum Gasteiger partial charge on any atom is 0.246 e. The van der Waals surface area contributed by atoms with Gasteiger partial charge in [0.15, 0.2) is 0 Å². The van der Waals surface area contributed by atoms with Crippen LogP contribution in [0.15, 0.2) is 48.5 Å². The van der Waals surface area contributed by atoms with Gasteiger partial charge in [0.05, 0.1) is 73.6 Å². The van der Waals surface area contributed by atoms with E-state index in [9.17, 15) is 28.8 Å². The third-order valence-electron chi connectivity index (χ3n) is 15.5. The SMILES string of the molecule is CN[C@@H](C)C(=O)N[C@H]1CCS[C@H]2CC(C)(C)[C@@H](C(=O)N[C@H]3c4ccccc4C[C@H]3OCCOCCO[C@@H]3Cc4ccccc4[C@@H]3NC(=O)[C@H]3N4C(=O)[C@@H](NC(=O)[C@H](C)NC)CCS[C@H]4CC3(C)C)N2C1=O. The van der Waals surface area contributed by atoms with Gasteiger partial charge in [-0.1, -0.05) is 76.2 Å². The Morgan fingerprint density at radius 3 is 1.41 bits per heavy atom. The lowest BCUT2D eigenvalue weighted by molar-refractivity contribution is -0.144. The summed E-state index contributed by atoms with van der Waals surface area (Å²) in [5.74, 6) is -0.0681. The normalized spacial score (nSPS) is 30.3. The van der Waals surface area contributed by atoms with Gasteiger partial charge in [0.25, 0.3) is 0 Å². The van der Waals surface area contributed by atoms with Crippen molar-refractivity contribution in [3.8, 4) is 0 Å². The van der Waals surface area contributed by atoms with E-state index < -0.39 is 59.2 Å². The third kappa shape index (κ3) is 11.3. The van der Waals surface area contributed by atoms with Crippen molar-refractivity contribution in [1.82, 2.24) is 41.7 Å². The highest BCUT2D eigenvalue weighted by atomic mass is 32.2. The molecule has 19 heteroatoms. The zero-order valence-electron chi connectivity index (χ0n) is 42.4. The Hall–Kier alpha value is -4.24. The van der Waals surface area contributed by atoms with Gasteiger partial charge in [0, 0.05) is 12.8 Å². The fraction of sp³-hybridized carbons (Fsp3) is 0.654. The monoisotopic (exact) mass is 1020 g/mol. The summed E-state index contributed by atoms with van der Waals surface area (Å²) in [6.45, 7) is 12.7. The number of carbonyl (C=O) groups is 6. The summed E-state index contributed by atoms with van der Waals surface area (Å²) in [7, 11) is 3.40. The Kier molecular flexibility index (Phi) is 16.8. The van der Waals surface area contributed by atoms with Crippen LogP contribution in [0.25, 0.3) is 0 Å². The van der Waals surface area contributed by atoms with Crippen molar-refractivity contribution in [2.75, 3.05) is 52.0 Å². The highest BCUT2D eigenvalue weighted by Crippen LogP contribution is 2.48. The summed E-state index contributed by atoms with van der Waals surface area (Å²) < 4.78 is 19.0. The van der Waals surface area contributed by atoms with Gasteiger partial charge in [0.1, 0.15) is 24.2 Å². The number of ether oxygens (including phenoxy) is 3. The Morgan fingerprint density at radius 2 is 1.01 bits per heavy atom. The zero-order valence-corrected chi connectivity index (χ0v) is 44.1. The van der Waals surface area contributed by atoms with Crippen molar-refractivity contribution in [3.63, 3.8) is 0 Å². The predicted molar refractivity (Wildman–Crippen MR) is 273 cm³/mol. The van der Waals surface area contributed by atoms with Gasteiger partial charge in [-0.25, -0.2) is 0 Å². The van der Waals surface area contributed by atoms with Crippen LogP contribution in [0, 0.1) is 10.8 Å². The molecule has 8 rings (SSSR count). The van der Waals surface area contributed by atoms with Crippen LogP contribution in [0.1, 0.15) is 102 Å². The number of thioether (sulfide) groups is 2. The first-order chi connectivity index (χ1) is 33.9. The molecule has 0 unspecified atom stereocenters. The molecule has 6 aliphatic rings. The van der Waals surface area contributed by atoms with E-state index in [2.05, 4.69) is 44.0 Å². The standard InChI is InChI=1S/C52H74N8O9S2/c1-29(53-7)45(61)55-35-17-23-70-39-27-51(3,4)43(59(39)49(35)65)47(63)57-41-33-15-11-9-13-31(33)25-37(41)68-21-19-67-20-22-69-38-26-32-14-10-12-16-34(32)42(38)58-48(64)44-52(5,6)28-40-60(44)50(66)36(18-24-71-40)56-46(62)30(2)54-8/h9-16,29-30,35-44,53-54H,17-28H2,1-8H3,(H,55,61)(H,56,62)(H,57,63)(H,58,64)/t29-,30-,35-,36-,37+,38+,39-,40-,41-,42-,43+,44+/m0/s1. The largest absolute Gasteiger partial charge is 0.377 e. The predicted octanol–water partition coefficient (Wildman–Crippen LogP) is 2.97. The summed E-state index contributed by atoms with van der Waals surface area (Å²) in [5.41, 5.74) is 3.10. The molecule has 2 aromatic carbocycles. The first-order valence-corrected chi connectivity index (χ1v) is 27.4. The molecule has 0 spiro atoms. The summed E-state index contributed by atoms with van der Waals surface area (Å²) in [5, 5.41) is 18.0. The molecule has 0 aromatic heterocycles. The third-order valence-corrected chi connectivity index (χ3v) is 18.0. The van der Waals surface area contributed by atoms with Gasteiger partial charge in [-0.05, 0) is 98.2 Å². The smallest absolute Gasteiger partial charge is 0.246 e. The van der Waals surface area contributed by atoms with Crippen molar-refractivity contribution in [2.45, 2.75) is 151 Å². The van der Waals surface area contributed by atoms with E-state index in [4.69, 9.17) is 14.2 Å². The molecule has 4 aliphatic heterocycles. The molecule has 17 nitrogen and oxygen atoms in total. The average molecular weight is 1020 g/mol. The first-order valence-electron chi connectivity index (χ1n) is 25.3. The van der Waals surface area contributed by atoms with Crippen molar-refractivity contribution in [1.29, 1.82) is 0 Å². The molecule has 0 saturated carbocycles. The van der Waals surface area contributed by atoms with Gasteiger partial charge in [-0.15, -0.1) is 23.5 Å². The van der Waals surface area contributed by atoms with E-state index in [1.54, 1.807) is 61.3 Å².